The fourth-order valence-corrected chi connectivity index (χ4v) is 2.27. The van der Waals surface area contributed by atoms with Gasteiger partial charge in [-0.2, -0.15) is 5.26 Å². The Balaban J connectivity index is 1.93. The van der Waals surface area contributed by atoms with Crippen LogP contribution in [0.5, 0.6) is 0 Å². The van der Waals surface area contributed by atoms with Gasteiger partial charge >= 0.3 is 0 Å². The quantitative estimate of drug-likeness (QED) is 0.867. The molecule has 0 spiro atoms. The Hall–Kier alpha value is -1.60. The molecule has 1 heterocycles. The van der Waals surface area contributed by atoms with E-state index in [4.69, 9.17) is 10.00 Å². The topological polar surface area (TPSA) is 57.9 Å². The van der Waals surface area contributed by atoms with E-state index >= 15 is 0 Å². The standard InChI is InChI=1S/C13H17N3O/c1-17-13-4-2-3-10(7-13)16-12-6-5-11(8-14)15-9-12/h5-6,9-10,13,16H,2-4,7H2,1H3. The first-order valence-electron chi connectivity index (χ1n) is 5.97. The van der Waals surface area contributed by atoms with E-state index in [1.165, 1.54) is 12.8 Å². The van der Waals surface area contributed by atoms with Gasteiger partial charge in [-0.05, 0) is 37.8 Å². The maximum atomic E-state index is 8.67. The van der Waals surface area contributed by atoms with Gasteiger partial charge in [0.15, 0.2) is 0 Å². The molecule has 1 aliphatic rings. The van der Waals surface area contributed by atoms with Crippen LogP contribution in [-0.4, -0.2) is 24.2 Å². The highest BCUT2D eigenvalue weighted by molar-refractivity contribution is 5.43. The highest BCUT2D eigenvalue weighted by atomic mass is 16.5. The minimum atomic E-state index is 0.368. The number of hydrogen-bond donors (Lipinski definition) is 1. The van der Waals surface area contributed by atoms with E-state index < -0.39 is 0 Å². The van der Waals surface area contributed by atoms with E-state index in [1.54, 1.807) is 19.4 Å². The fourth-order valence-electron chi connectivity index (χ4n) is 2.27. The molecule has 1 saturated carbocycles. The average molecular weight is 231 g/mol. The molecule has 0 saturated heterocycles. The highest BCUT2D eigenvalue weighted by Crippen LogP contribution is 2.23. The van der Waals surface area contributed by atoms with Crippen LogP contribution in [0.2, 0.25) is 0 Å². The number of rotatable bonds is 3. The maximum Gasteiger partial charge on any atom is 0.140 e. The molecule has 4 heteroatoms. The lowest BCUT2D eigenvalue weighted by Crippen LogP contribution is -2.31. The summed E-state index contributed by atoms with van der Waals surface area (Å²) >= 11 is 0. The minimum absolute atomic E-state index is 0.368. The van der Waals surface area contributed by atoms with Gasteiger partial charge in [0.1, 0.15) is 11.8 Å². The second kappa shape index (κ2) is 5.65. The van der Waals surface area contributed by atoms with Crippen LogP contribution in [-0.2, 0) is 4.74 Å². The van der Waals surface area contributed by atoms with Crippen LogP contribution in [0.3, 0.4) is 0 Å². The fraction of sp³-hybridized carbons (Fsp3) is 0.538. The zero-order valence-electron chi connectivity index (χ0n) is 10.0. The monoisotopic (exact) mass is 231 g/mol. The summed E-state index contributed by atoms with van der Waals surface area (Å²) in [6.07, 6.45) is 6.64. The smallest absolute Gasteiger partial charge is 0.140 e. The summed E-state index contributed by atoms with van der Waals surface area (Å²) in [6, 6.07) is 6.10. The number of nitrogens with one attached hydrogen (secondary N) is 1. The van der Waals surface area contributed by atoms with Gasteiger partial charge in [0.25, 0.3) is 0 Å². The van der Waals surface area contributed by atoms with Crippen molar-refractivity contribution in [3.05, 3.63) is 24.0 Å². The summed E-state index contributed by atoms with van der Waals surface area (Å²) in [7, 11) is 1.77. The third kappa shape index (κ3) is 3.18. The number of ether oxygens (including phenoxy) is 1. The van der Waals surface area contributed by atoms with Crippen molar-refractivity contribution in [3.63, 3.8) is 0 Å². The minimum Gasteiger partial charge on any atom is -0.381 e. The number of nitriles is 1. The van der Waals surface area contributed by atoms with Gasteiger partial charge in [0, 0.05) is 13.2 Å². The number of nitrogens with zero attached hydrogens (tertiary/aromatic N) is 2. The van der Waals surface area contributed by atoms with Crippen LogP contribution >= 0.6 is 0 Å². The Bertz CT molecular complexity index is 396. The molecule has 1 fully saturated rings. The molecule has 1 aromatic heterocycles. The molecule has 1 aromatic rings. The molecule has 4 nitrogen and oxygen atoms in total. The van der Waals surface area contributed by atoms with Gasteiger partial charge in [-0.3, -0.25) is 0 Å². The number of pyridine rings is 1. The number of anilines is 1. The van der Waals surface area contributed by atoms with Gasteiger partial charge in [0.2, 0.25) is 0 Å². The summed E-state index contributed by atoms with van der Waals surface area (Å²) in [6.45, 7) is 0. The molecule has 0 bridgehead atoms. The largest absolute Gasteiger partial charge is 0.381 e. The van der Waals surface area contributed by atoms with E-state index in [-0.39, 0.29) is 0 Å². The first-order chi connectivity index (χ1) is 8.31. The van der Waals surface area contributed by atoms with E-state index in [0.717, 1.165) is 18.5 Å². The van der Waals surface area contributed by atoms with E-state index in [0.29, 0.717) is 17.8 Å². The Morgan fingerprint density at radius 2 is 2.35 bits per heavy atom. The lowest BCUT2D eigenvalue weighted by molar-refractivity contribution is 0.0669. The zero-order chi connectivity index (χ0) is 12.1. The third-order valence-corrected chi connectivity index (χ3v) is 3.21. The number of aromatic nitrogens is 1. The molecule has 0 radical (unpaired) electrons. The van der Waals surface area contributed by atoms with Crippen molar-refractivity contribution in [2.24, 2.45) is 0 Å². The summed E-state index contributed by atoms with van der Waals surface area (Å²) in [5, 5.41) is 12.1. The summed E-state index contributed by atoms with van der Waals surface area (Å²) in [5.41, 5.74) is 1.43. The van der Waals surface area contributed by atoms with Crippen LogP contribution in [0, 0.1) is 11.3 Å². The molecule has 0 aromatic carbocycles. The van der Waals surface area contributed by atoms with Gasteiger partial charge in [-0.25, -0.2) is 4.98 Å². The van der Waals surface area contributed by atoms with Crippen LogP contribution in [0.25, 0.3) is 0 Å². The average Bonchev–Trinajstić information content (AvgIpc) is 2.40. The van der Waals surface area contributed by atoms with Gasteiger partial charge < -0.3 is 10.1 Å². The van der Waals surface area contributed by atoms with Crippen molar-refractivity contribution >= 4 is 5.69 Å². The Kier molecular flexibility index (Phi) is 3.94. The molecule has 2 unspecified atom stereocenters. The van der Waals surface area contributed by atoms with E-state index in [1.807, 2.05) is 12.1 Å². The van der Waals surface area contributed by atoms with Crippen molar-refractivity contribution in [3.8, 4) is 6.07 Å². The molecule has 2 atom stereocenters. The van der Waals surface area contributed by atoms with Crippen LogP contribution in [0.1, 0.15) is 31.4 Å². The van der Waals surface area contributed by atoms with Gasteiger partial charge in [0.05, 0.1) is 18.0 Å². The maximum absolute atomic E-state index is 8.67. The van der Waals surface area contributed by atoms with Gasteiger partial charge in [-0.15, -0.1) is 0 Å². The van der Waals surface area contributed by atoms with E-state index in [9.17, 15) is 0 Å². The van der Waals surface area contributed by atoms with Crippen molar-refractivity contribution in [1.82, 2.24) is 4.98 Å². The van der Waals surface area contributed by atoms with Gasteiger partial charge in [-0.1, -0.05) is 0 Å². The first kappa shape index (κ1) is 11.9. The lowest BCUT2D eigenvalue weighted by Gasteiger charge is -2.29. The van der Waals surface area contributed by atoms with Crippen LogP contribution < -0.4 is 5.32 Å². The SMILES string of the molecule is COC1CCCC(Nc2ccc(C#N)nc2)C1. The molecular weight excluding hydrogens is 214 g/mol. The van der Waals surface area contributed by atoms with Crippen molar-refractivity contribution < 1.29 is 4.74 Å². The molecule has 2 rings (SSSR count). The Morgan fingerprint density at radius 1 is 1.47 bits per heavy atom. The van der Waals surface area contributed by atoms with Crippen molar-refractivity contribution in [2.75, 3.05) is 12.4 Å². The second-order valence-corrected chi connectivity index (χ2v) is 4.41. The lowest BCUT2D eigenvalue weighted by atomic mass is 9.93. The molecule has 1 N–H and O–H groups in total. The molecular formula is C13H17N3O. The molecule has 0 amide bonds. The number of methoxy groups -OCH3 is 1. The molecule has 17 heavy (non-hydrogen) atoms. The molecule has 0 aliphatic heterocycles. The summed E-state index contributed by atoms with van der Waals surface area (Å²) < 4.78 is 5.40. The third-order valence-electron chi connectivity index (χ3n) is 3.21. The first-order valence-corrected chi connectivity index (χ1v) is 5.97. The predicted molar refractivity (Wildman–Crippen MR) is 65.6 cm³/mol. The predicted octanol–water partition coefficient (Wildman–Crippen LogP) is 2.32. The van der Waals surface area contributed by atoms with E-state index in [2.05, 4.69) is 10.3 Å². The van der Waals surface area contributed by atoms with Crippen LogP contribution in [0.4, 0.5) is 5.69 Å². The molecule has 90 valence electrons. The zero-order valence-corrected chi connectivity index (χ0v) is 10.0. The highest BCUT2D eigenvalue weighted by Gasteiger charge is 2.21. The second-order valence-electron chi connectivity index (χ2n) is 4.41. The normalized spacial score (nSPS) is 24.0. The van der Waals surface area contributed by atoms with Crippen LogP contribution in [0.15, 0.2) is 18.3 Å². The van der Waals surface area contributed by atoms with Crippen molar-refractivity contribution in [1.29, 1.82) is 5.26 Å². The van der Waals surface area contributed by atoms with Crippen molar-refractivity contribution in [2.45, 2.75) is 37.8 Å². The Labute approximate surface area is 102 Å². The Morgan fingerprint density at radius 3 is 3.00 bits per heavy atom. The summed E-state index contributed by atoms with van der Waals surface area (Å²) in [5.74, 6) is 0. The summed E-state index contributed by atoms with van der Waals surface area (Å²) in [4.78, 5) is 4.05. The molecule has 1 aliphatic carbocycles. The number of hydrogen-bond acceptors (Lipinski definition) is 4.